The fraction of sp³-hybridized carbons (Fsp3) is 0.176. The molecular formula is C17H16BrN3O4. The van der Waals surface area contributed by atoms with E-state index in [0.29, 0.717) is 15.8 Å². The zero-order valence-corrected chi connectivity index (χ0v) is 15.2. The molecule has 0 radical (unpaired) electrons. The van der Waals surface area contributed by atoms with Crippen LogP contribution in [0.15, 0.2) is 46.0 Å². The number of nitrogens with one attached hydrogen (secondary N) is 1. The standard InChI is InChI=1S/C17H16BrN3O4/c1-11-4-3-5-12(2)17(11)25-10-16(22)20-19-9-13-6-7-14(18)15(8-13)21(23)24/h3-9H,10H2,1-2H3,(H,20,22). The number of amides is 1. The first-order valence-corrected chi connectivity index (χ1v) is 8.12. The van der Waals surface area contributed by atoms with Crippen molar-refractivity contribution in [3.8, 4) is 5.75 Å². The lowest BCUT2D eigenvalue weighted by molar-refractivity contribution is -0.385. The second kappa shape index (κ2) is 8.39. The highest BCUT2D eigenvalue weighted by Gasteiger charge is 2.11. The highest BCUT2D eigenvalue weighted by Crippen LogP contribution is 2.25. The van der Waals surface area contributed by atoms with E-state index in [4.69, 9.17) is 4.74 Å². The van der Waals surface area contributed by atoms with E-state index < -0.39 is 10.8 Å². The van der Waals surface area contributed by atoms with Crippen molar-refractivity contribution in [3.05, 3.63) is 67.7 Å². The van der Waals surface area contributed by atoms with Gasteiger partial charge in [0.15, 0.2) is 6.61 Å². The molecule has 0 aliphatic rings. The lowest BCUT2D eigenvalue weighted by Gasteiger charge is -2.10. The Hall–Kier alpha value is -2.74. The third-order valence-electron chi connectivity index (χ3n) is 3.33. The monoisotopic (exact) mass is 405 g/mol. The third-order valence-corrected chi connectivity index (χ3v) is 4.00. The lowest BCUT2D eigenvalue weighted by Crippen LogP contribution is -2.25. The molecule has 130 valence electrons. The number of hydrogen-bond donors (Lipinski definition) is 1. The molecule has 0 saturated heterocycles. The molecule has 1 N–H and O–H groups in total. The van der Waals surface area contributed by atoms with Gasteiger partial charge in [-0.2, -0.15) is 5.10 Å². The molecule has 0 fully saturated rings. The van der Waals surface area contributed by atoms with Gasteiger partial charge in [0.2, 0.25) is 0 Å². The number of carbonyl (C=O) groups excluding carboxylic acids is 1. The van der Waals surface area contributed by atoms with Crippen molar-refractivity contribution in [3.63, 3.8) is 0 Å². The second-order valence-corrected chi connectivity index (χ2v) is 6.13. The van der Waals surface area contributed by atoms with Gasteiger partial charge in [0.05, 0.1) is 15.6 Å². The Morgan fingerprint density at radius 2 is 2.00 bits per heavy atom. The highest BCUT2D eigenvalue weighted by molar-refractivity contribution is 9.10. The average molecular weight is 406 g/mol. The first kappa shape index (κ1) is 18.6. The van der Waals surface area contributed by atoms with Crippen molar-refractivity contribution in [1.29, 1.82) is 0 Å². The van der Waals surface area contributed by atoms with Crippen LogP contribution < -0.4 is 10.2 Å². The van der Waals surface area contributed by atoms with Crippen LogP contribution in [0.3, 0.4) is 0 Å². The van der Waals surface area contributed by atoms with Gasteiger partial charge in [-0.05, 0) is 47.0 Å². The number of rotatable bonds is 6. The number of ether oxygens (including phenoxy) is 1. The fourth-order valence-corrected chi connectivity index (χ4v) is 2.52. The number of halogens is 1. The summed E-state index contributed by atoms with van der Waals surface area (Å²) in [4.78, 5) is 22.2. The van der Waals surface area contributed by atoms with E-state index in [0.717, 1.165) is 11.1 Å². The maximum absolute atomic E-state index is 11.8. The summed E-state index contributed by atoms with van der Waals surface area (Å²) in [5.74, 6) is 0.246. The molecule has 0 spiro atoms. The summed E-state index contributed by atoms with van der Waals surface area (Å²) in [7, 11) is 0. The largest absolute Gasteiger partial charge is 0.483 e. The van der Waals surface area contributed by atoms with E-state index in [1.807, 2.05) is 32.0 Å². The lowest BCUT2D eigenvalue weighted by atomic mass is 10.1. The molecule has 0 unspecified atom stereocenters. The van der Waals surface area contributed by atoms with Crippen LogP contribution in [0, 0.1) is 24.0 Å². The minimum absolute atomic E-state index is 0.0753. The van der Waals surface area contributed by atoms with Crippen LogP contribution in [-0.2, 0) is 4.79 Å². The molecule has 8 heteroatoms. The average Bonchev–Trinajstić information content (AvgIpc) is 2.55. The van der Waals surface area contributed by atoms with E-state index in [1.54, 1.807) is 12.1 Å². The minimum Gasteiger partial charge on any atom is -0.483 e. The number of nitro benzene ring substituents is 1. The van der Waals surface area contributed by atoms with Gasteiger partial charge in [-0.15, -0.1) is 0 Å². The molecule has 1 amide bonds. The number of carbonyl (C=O) groups is 1. The van der Waals surface area contributed by atoms with Gasteiger partial charge in [-0.25, -0.2) is 5.43 Å². The van der Waals surface area contributed by atoms with Crippen LogP contribution in [0.5, 0.6) is 5.75 Å². The topological polar surface area (TPSA) is 93.8 Å². The van der Waals surface area contributed by atoms with Crippen molar-refractivity contribution < 1.29 is 14.5 Å². The zero-order chi connectivity index (χ0) is 18.4. The number of hydrogen-bond acceptors (Lipinski definition) is 5. The summed E-state index contributed by atoms with van der Waals surface area (Å²) in [5.41, 5.74) is 4.63. The molecule has 0 heterocycles. The van der Waals surface area contributed by atoms with Crippen LogP contribution in [0.1, 0.15) is 16.7 Å². The predicted molar refractivity (Wildman–Crippen MR) is 97.9 cm³/mol. The van der Waals surface area contributed by atoms with Gasteiger partial charge in [0.25, 0.3) is 11.6 Å². The smallest absolute Gasteiger partial charge is 0.284 e. The van der Waals surface area contributed by atoms with E-state index in [1.165, 1.54) is 12.3 Å². The Morgan fingerprint density at radius 1 is 1.32 bits per heavy atom. The van der Waals surface area contributed by atoms with Crippen LogP contribution >= 0.6 is 15.9 Å². The molecule has 2 rings (SSSR count). The summed E-state index contributed by atoms with van der Waals surface area (Å²) in [6.45, 7) is 3.63. The van der Waals surface area contributed by atoms with Crippen molar-refractivity contribution >= 4 is 33.7 Å². The number of nitrogens with zero attached hydrogens (tertiary/aromatic N) is 2. The highest BCUT2D eigenvalue weighted by atomic mass is 79.9. The van der Waals surface area contributed by atoms with Gasteiger partial charge in [0, 0.05) is 11.6 Å². The van der Waals surface area contributed by atoms with Crippen molar-refractivity contribution in [2.75, 3.05) is 6.61 Å². The predicted octanol–water partition coefficient (Wildman–Crippen LogP) is 3.50. The molecule has 0 aliphatic heterocycles. The first-order valence-electron chi connectivity index (χ1n) is 7.33. The van der Waals surface area contributed by atoms with Gasteiger partial charge < -0.3 is 4.74 Å². The van der Waals surface area contributed by atoms with E-state index in [-0.39, 0.29) is 12.3 Å². The minimum atomic E-state index is -0.502. The summed E-state index contributed by atoms with van der Waals surface area (Å²) < 4.78 is 5.89. The number of para-hydroxylation sites is 1. The fourth-order valence-electron chi connectivity index (χ4n) is 2.13. The molecule has 0 atom stereocenters. The summed E-state index contributed by atoms with van der Waals surface area (Å²) in [5, 5.41) is 14.7. The third kappa shape index (κ3) is 5.12. The Bertz CT molecular complexity index is 816. The van der Waals surface area contributed by atoms with Gasteiger partial charge >= 0.3 is 0 Å². The maximum Gasteiger partial charge on any atom is 0.284 e. The van der Waals surface area contributed by atoms with Gasteiger partial charge in [0.1, 0.15) is 5.75 Å². The number of benzene rings is 2. The second-order valence-electron chi connectivity index (χ2n) is 5.27. The Kier molecular flexibility index (Phi) is 6.24. The Labute approximate surface area is 153 Å². The molecule has 2 aromatic rings. The number of hydrazone groups is 1. The van der Waals surface area contributed by atoms with Crippen LogP contribution in [0.4, 0.5) is 5.69 Å². The summed E-state index contributed by atoms with van der Waals surface area (Å²) in [6, 6.07) is 10.3. The summed E-state index contributed by atoms with van der Waals surface area (Å²) in [6.07, 6.45) is 1.33. The molecular weight excluding hydrogens is 390 g/mol. The van der Waals surface area contributed by atoms with Crippen LogP contribution in [0.2, 0.25) is 0 Å². The van der Waals surface area contributed by atoms with Crippen molar-refractivity contribution in [2.45, 2.75) is 13.8 Å². The number of nitro groups is 1. The van der Waals surface area contributed by atoms with E-state index >= 15 is 0 Å². The molecule has 7 nitrogen and oxygen atoms in total. The van der Waals surface area contributed by atoms with E-state index in [2.05, 4.69) is 26.5 Å². The molecule has 2 aromatic carbocycles. The summed E-state index contributed by atoms with van der Waals surface area (Å²) >= 11 is 3.10. The first-order chi connectivity index (χ1) is 11.9. The van der Waals surface area contributed by atoms with E-state index in [9.17, 15) is 14.9 Å². The zero-order valence-electron chi connectivity index (χ0n) is 13.7. The van der Waals surface area contributed by atoms with Crippen LogP contribution in [-0.4, -0.2) is 23.7 Å². The Morgan fingerprint density at radius 3 is 2.64 bits per heavy atom. The van der Waals surface area contributed by atoms with Gasteiger partial charge in [-0.3, -0.25) is 14.9 Å². The van der Waals surface area contributed by atoms with Crippen molar-refractivity contribution in [2.24, 2.45) is 5.10 Å². The Balaban J connectivity index is 1.93. The molecule has 0 aliphatic carbocycles. The molecule has 0 saturated carbocycles. The SMILES string of the molecule is Cc1cccc(C)c1OCC(=O)NN=Cc1ccc(Br)c([N+](=O)[O-])c1. The van der Waals surface area contributed by atoms with Gasteiger partial charge in [-0.1, -0.05) is 24.3 Å². The maximum atomic E-state index is 11.8. The van der Waals surface area contributed by atoms with Crippen LogP contribution in [0.25, 0.3) is 0 Å². The molecule has 0 bridgehead atoms. The molecule has 0 aromatic heterocycles. The molecule has 25 heavy (non-hydrogen) atoms. The van der Waals surface area contributed by atoms with Crippen molar-refractivity contribution in [1.82, 2.24) is 5.43 Å². The number of aryl methyl sites for hydroxylation is 2. The normalized spacial score (nSPS) is 10.7. The quantitative estimate of drug-likeness (QED) is 0.451.